The van der Waals surface area contributed by atoms with Crippen molar-refractivity contribution >= 4 is 31.7 Å². The van der Waals surface area contributed by atoms with Gasteiger partial charge < -0.3 is 0 Å². The molecule has 0 saturated carbocycles. The molecule has 37 heavy (non-hydrogen) atoms. The van der Waals surface area contributed by atoms with E-state index >= 15 is 0 Å². The fraction of sp³-hybridized carbons (Fsp3) is 0.200. The van der Waals surface area contributed by atoms with Crippen molar-refractivity contribution in [2.24, 2.45) is 0 Å². The second-order valence-corrected chi connectivity index (χ2v) is 11.6. The van der Waals surface area contributed by atoms with Crippen molar-refractivity contribution in [2.75, 3.05) is 12.8 Å². The first-order valence-corrected chi connectivity index (χ1v) is 13.8. The third-order valence-electron chi connectivity index (χ3n) is 6.79. The number of hydrogen-bond donors (Lipinski definition) is 0. The standard InChI is InChI=1S/C30H29N3O3S/c1-21-15-16-28(22(2)19-21)33-29(31-27-14-7-6-13-26(27)30(33)34)20-32(3)37(35,36)18-17-24-11-8-10-23-9-4-5-12-25(23)24/h4-16,19H,17-18,20H2,1-3H3. The molecule has 0 atom stereocenters. The van der Waals surface area contributed by atoms with Gasteiger partial charge in [-0.15, -0.1) is 0 Å². The van der Waals surface area contributed by atoms with Crippen LogP contribution in [0.5, 0.6) is 0 Å². The van der Waals surface area contributed by atoms with Crippen molar-refractivity contribution in [1.29, 1.82) is 0 Å². The van der Waals surface area contributed by atoms with Gasteiger partial charge in [0.2, 0.25) is 10.0 Å². The Labute approximate surface area is 216 Å². The first kappa shape index (κ1) is 24.9. The predicted molar refractivity (Wildman–Crippen MR) is 150 cm³/mol. The lowest BCUT2D eigenvalue weighted by Gasteiger charge is -2.21. The van der Waals surface area contributed by atoms with E-state index in [2.05, 4.69) is 0 Å². The maximum absolute atomic E-state index is 13.6. The number of rotatable bonds is 7. The maximum Gasteiger partial charge on any atom is 0.266 e. The van der Waals surface area contributed by atoms with Gasteiger partial charge in [-0.25, -0.2) is 13.4 Å². The van der Waals surface area contributed by atoms with E-state index in [0.717, 1.165) is 27.5 Å². The number of sulfonamides is 1. The second kappa shape index (κ2) is 9.92. The minimum absolute atomic E-state index is 0.0226. The van der Waals surface area contributed by atoms with E-state index in [1.54, 1.807) is 29.8 Å². The molecule has 0 amide bonds. The molecule has 0 fully saturated rings. The van der Waals surface area contributed by atoms with Crippen LogP contribution in [0.15, 0.2) is 89.7 Å². The highest BCUT2D eigenvalue weighted by Gasteiger charge is 2.23. The van der Waals surface area contributed by atoms with Crippen molar-refractivity contribution < 1.29 is 8.42 Å². The molecule has 7 heteroatoms. The minimum Gasteiger partial charge on any atom is -0.268 e. The zero-order chi connectivity index (χ0) is 26.2. The van der Waals surface area contributed by atoms with E-state index in [9.17, 15) is 13.2 Å². The summed E-state index contributed by atoms with van der Waals surface area (Å²) in [5.41, 5.74) is 4.02. The molecule has 0 aliphatic carbocycles. The molecule has 0 bridgehead atoms. The maximum atomic E-state index is 13.6. The topological polar surface area (TPSA) is 72.3 Å². The summed E-state index contributed by atoms with van der Waals surface area (Å²) in [6.07, 6.45) is 0.392. The number of nitrogens with zero attached hydrogens (tertiary/aromatic N) is 3. The van der Waals surface area contributed by atoms with Crippen molar-refractivity contribution in [2.45, 2.75) is 26.8 Å². The minimum atomic E-state index is -3.63. The van der Waals surface area contributed by atoms with Crippen LogP contribution in [0.2, 0.25) is 0 Å². The molecule has 6 nitrogen and oxygen atoms in total. The monoisotopic (exact) mass is 511 g/mol. The Morgan fingerprint density at radius 2 is 1.57 bits per heavy atom. The molecule has 1 heterocycles. The summed E-state index contributed by atoms with van der Waals surface area (Å²) in [6, 6.07) is 26.9. The Kier molecular flexibility index (Phi) is 6.67. The van der Waals surface area contributed by atoms with Crippen molar-refractivity contribution in [3.63, 3.8) is 0 Å². The van der Waals surface area contributed by atoms with Crippen LogP contribution in [0.1, 0.15) is 22.5 Å². The van der Waals surface area contributed by atoms with Gasteiger partial charge in [0.05, 0.1) is 28.9 Å². The Morgan fingerprint density at radius 1 is 0.865 bits per heavy atom. The van der Waals surface area contributed by atoms with Crippen molar-refractivity contribution in [1.82, 2.24) is 13.9 Å². The third kappa shape index (κ3) is 4.92. The zero-order valence-electron chi connectivity index (χ0n) is 21.2. The molecule has 0 unspecified atom stereocenters. The summed E-state index contributed by atoms with van der Waals surface area (Å²) < 4.78 is 29.6. The third-order valence-corrected chi connectivity index (χ3v) is 8.59. The van der Waals surface area contributed by atoms with Crippen LogP contribution < -0.4 is 5.56 Å². The average Bonchev–Trinajstić information content (AvgIpc) is 2.88. The van der Waals surface area contributed by atoms with E-state index in [4.69, 9.17) is 4.98 Å². The lowest BCUT2D eigenvalue weighted by molar-refractivity contribution is 0.452. The normalized spacial score (nSPS) is 12.0. The number of fused-ring (bicyclic) bond motifs is 2. The molecule has 0 aliphatic heterocycles. The van der Waals surface area contributed by atoms with Gasteiger partial charge in [0.1, 0.15) is 5.82 Å². The number of hydrogen-bond acceptors (Lipinski definition) is 4. The van der Waals surface area contributed by atoms with E-state index in [0.29, 0.717) is 28.8 Å². The Hall–Kier alpha value is -3.81. The highest BCUT2D eigenvalue weighted by atomic mass is 32.2. The van der Waals surface area contributed by atoms with Gasteiger partial charge in [-0.05, 0) is 60.4 Å². The highest BCUT2D eigenvalue weighted by molar-refractivity contribution is 7.89. The lowest BCUT2D eigenvalue weighted by Crippen LogP contribution is -2.33. The van der Waals surface area contributed by atoms with Gasteiger partial charge in [-0.2, -0.15) is 4.31 Å². The fourth-order valence-electron chi connectivity index (χ4n) is 4.79. The zero-order valence-corrected chi connectivity index (χ0v) is 22.0. The molecule has 5 rings (SSSR count). The molecular weight excluding hydrogens is 482 g/mol. The van der Waals surface area contributed by atoms with Gasteiger partial charge in [0, 0.05) is 7.05 Å². The first-order valence-electron chi connectivity index (χ1n) is 12.2. The Bertz CT molecular complexity index is 1790. The quantitative estimate of drug-likeness (QED) is 0.303. The summed E-state index contributed by atoms with van der Waals surface area (Å²) in [5.74, 6) is 0.339. The van der Waals surface area contributed by atoms with Crippen molar-refractivity contribution in [3.8, 4) is 5.69 Å². The summed E-state index contributed by atoms with van der Waals surface area (Å²) in [5, 5.41) is 2.64. The average molecular weight is 512 g/mol. The summed E-state index contributed by atoms with van der Waals surface area (Å²) in [7, 11) is -2.08. The molecule has 0 radical (unpaired) electrons. The lowest BCUT2D eigenvalue weighted by atomic mass is 10.0. The molecule has 0 spiro atoms. The van der Waals surface area contributed by atoms with E-state index in [1.807, 2.05) is 80.6 Å². The van der Waals surface area contributed by atoms with Crippen LogP contribution in [0, 0.1) is 13.8 Å². The van der Waals surface area contributed by atoms with Crippen LogP contribution in [0.3, 0.4) is 0 Å². The van der Waals surface area contributed by atoms with E-state index < -0.39 is 10.0 Å². The van der Waals surface area contributed by atoms with Crippen LogP contribution in [0.4, 0.5) is 0 Å². The van der Waals surface area contributed by atoms with E-state index in [1.165, 1.54) is 4.31 Å². The Balaban J connectivity index is 1.50. The molecule has 1 aromatic heterocycles. The molecule has 0 saturated heterocycles. The Morgan fingerprint density at radius 3 is 2.35 bits per heavy atom. The molecule has 0 N–H and O–H groups in total. The smallest absolute Gasteiger partial charge is 0.266 e. The summed E-state index contributed by atoms with van der Waals surface area (Å²) >= 11 is 0. The fourth-order valence-corrected chi connectivity index (χ4v) is 5.89. The van der Waals surface area contributed by atoms with E-state index in [-0.39, 0.29) is 17.9 Å². The second-order valence-electron chi connectivity index (χ2n) is 9.44. The molecule has 4 aromatic carbocycles. The van der Waals surface area contributed by atoms with Gasteiger partial charge >= 0.3 is 0 Å². The van der Waals surface area contributed by atoms with Crippen LogP contribution in [-0.4, -0.2) is 35.1 Å². The molecular formula is C30H29N3O3S. The highest BCUT2D eigenvalue weighted by Crippen LogP contribution is 2.22. The summed E-state index contributed by atoms with van der Waals surface area (Å²) in [6.45, 7) is 3.92. The van der Waals surface area contributed by atoms with Crippen LogP contribution in [0.25, 0.3) is 27.4 Å². The molecule has 5 aromatic rings. The van der Waals surface area contributed by atoms with Crippen LogP contribution in [-0.2, 0) is 23.0 Å². The predicted octanol–water partition coefficient (Wildman–Crippen LogP) is 5.16. The molecule has 0 aliphatic rings. The van der Waals surface area contributed by atoms with Gasteiger partial charge in [0.25, 0.3) is 5.56 Å². The number of benzene rings is 4. The summed E-state index contributed by atoms with van der Waals surface area (Å²) in [4.78, 5) is 18.4. The number of para-hydroxylation sites is 1. The SMILES string of the molecule is Cc1ccc(-n2c(CN(C)S(=O)(=O)CCc3cccc4ccccc34)nc3ccccc3c2=O)c(C)c1. The van der Waals surface area contributed by atoms with Gasteiger partial charge in [-0.3, -0.25) is 9.36 Å². The van der Waals surface area contributed by atoms with Crippen LogP contribution >= 0.6 is 0 Å². The van der Waals surface area contributed by atoms with Gasteiger partial charge in [-0.1, -0.05) is 72.3 Å². The molecule has 188 valence electrons. The largest absolute Gasteiger partial charge is 0.268 e. The number of aryl methyl sites for hydroxylation is 3. The van der Waals surface area contributed by atoms with Gasteiger partial charge in [0.15, 0.2) is 0 Å². The first-order chi connectivity index (χ1) is 17.7. The van der Waals surface area contributed by atoms with Crippen molar-refractivity contribution in [3.05, 3.63) is 118 Å². The number of aromatic nitrogens is 2.